The van der Waals surface area contributed by atoms with Crippen LogP contribution in [0.4, 0.5) is 0 Å². The summed E-state index contributed by atoms with van der Waals surface area (Å²) in [5.74, 6) is 0.793. The largest absolute Gasteiger partial charge is 0.344 e. The summed E-state index contributed by atoms with van der Waals surface area (Å²) < 4.78 is 4.68. The van der Waals surface area contributed by atoms with Gasteiger partial charge >= 0.3 is 0 Å². The number of fused-ring (bicyclic) bond motifs is 1. The second-order valence-corrected chi connectivity index (χ2v) is 6.02. The van der Waals surface area contributed by atoms with Crippen LogP contribution in [0.5, 0.6) is 0 Å². The summed E-state index contributed by atoms with van der Waals surface area (Å²) >= 11 is 1.65. The van der Waals surface area contributed by atoms with Crippen molar-refractivity contribution in [3.8, 4) is 0 Å². The lowest BCUT2D eigenvalue weighted by molar-refractivity contribution is -0.129. The average molecular weight is 289 g/mol. The van der Waals surface area contributed by atoms with E-state index in [1.54, 1.807) is 16.7 Å². The van der Waals surface area contributed by atoms with Crippen LogP contribution >= 0.6 is 11.8 Å². The molecule has 3 rings (SSSR count). The van der Waals surface area contributed by atoms with Crippen LogP contribution in [-0.2, 0) is 17.6 Å². The lowest BCUT2D eigenvalue weighted by Crippen LogP contribution is -2.36. The van der Waals surface area contributed by atoms with Crippen LogP contribution in [0.2, 0.25) is 0 Å². The molecule has 20 heavy (non-hydrogen) atoms. The molecule has 0 spiro atoms. The average Bonchev–Trinajstić information content (AvgIpc) is 3.12. The summed E-state index contributed by atoms with van der Waals surface area (Å²) in [6.07, 6.45) is 2.73. The number of carbonyl (C=O) groups is 1. The minimum absolute atomic E-state index is 0.0114. The third-order valence-electron chi connectivity index (χ3n) is 3.38. The number of benzene rings is 1. The molecular weight excluding hydrogens is 274 g/mol. The van der Waals surface area contributed by atoms with E-state index < -0.39 is 0 Å². The van der Waals surface area contributed by atoms with Crippen molar-refractivity contribution < 1.29 is 9.32 Å². The molecule has 5 nitrogen and oxygen atoms in total. The zero-order chi connectivity index (χ0) is 13.9. The number of likely N-dealkylation sites (N-methyl/N-ethyl adjacent to an activating group) is 1. The quantitative estimate of drug-likeness (QED) is 0.859. The van der Waals surface area contributed by atoms with Crippen molar-refractivity contribution in [2.45, 2.75) is 23.0 Å². The van der Waals surface area contributed by atoms with Crippen LogP contribution < -0.4 is 0 Å². The van der Waals surface area contributed by atoms with Gasteiger partial charge in [-0.05, 0) is 18.1 Å². The monoisotopic (exact) mass is 289 g/mol. The van der Waals surface area contributed by atoms with Crippen molar-refractivity contribution >= 4 is 17.7 Å². The van der Waals surface area contributed by atoms with Gasteiger partial charge in [0.15, 0.2) is 5.82 Å². The van der Waals surface area contributed by atoms with Gasteiger partial charge in [-0.1, -0.05) is 23.4 Å². The molecule has 0 fully saturated rings. The first kappa shape index (κ1) is 13.2. The number of hydrogen-bond donors (Lipinski definition) is 0. The summed E-state index contributed by atoms with van der Waals surface area (Å²) in [6.45, 7) is 0.603. The number of rotatable bonds is 4. The zero-order valence-corrected chi connectivity index (χ0v) is 12.0. The first-order valence-electron chi connectivity index (χ1n) is 6.49. The molecule has 104 valence electrons. The predicted octanol–water partition coefficient (Wildman–Crippen LogP) is 1.79. The number of hydrogen-bond acceptors (Lipinski definition) is 5. The maximum atomic E-state index is 12.4. The van der Waals surface area contributed by atoms with E-state index in [-0.39, 0.29) is 11.2 Å². The van der Waals surface area contributed by atoms with E-state index in [9.17, 15) is 4.79 Å². The maximum Gasteiger partial charge on any atom is 0.236 e. The standard InChI is InChI=1S/C14H15N3O2S/c1-17(7-6-13-15-9-19-16-13)14(18)12-8-10-4-2-3-5-11(10)20-12/h2-5,9,12H,6-8H2,1H3. The highest BCUT2D eigenvalue weighted by Crippen LogP contribution is 2.37. The zero-order valence-electron chi connectivity index (χ0n) is 11.2. The second kappa shape index (κ2) is 5.66. The van der Waals surface area contributed by atoms with E-state index in [1.165, 1.54) is 16.9 Å². The predicted molar refractivity (Wildman–Crippen MR) is 75.4 cm³/mol. The number of nitrogens with zero attached hydrogens (tertiary/aromatic N) is 3. The molecule has 2 heterocycles. The number of carbonyl (C=O) groups excluding carboxylic acids is 1. The highest BCUT2D eigenvalue weighted by atomic mass is 32.2. The van der Waals surface area contributed by atoms with Gasteiger partial charge in [-0.15, -0.1) is 11.8 Å². The van der Waals surface area contributed by atoms with Crippen LogP contribution in [-0.4, -0.2) is 39.8 Å². The van der Waals surface area contributed by atoms with Crippen molar-refractivity contribution in [2.24, 2.45) is 0 Å². The molecule has 0 radical (unpaired) electrons. The van der Waals surface area contributed by atoms with Gasteiger partial charge in [-0.3, -0.25) is 4.79 Å². The van der Waals surface area contributed by atoms with E-state index in [0.717, 1.165) is 6.42 Å². The van der Waals surface area contributed by atoms with Gasteiger partial charge in [0, 0.05) is 24.9 Å². The third-order valence-corrected chi connectivity index (χ3v) is 4.68. The molecule has 1 aromatic heterocycles. The van der Waals surface area contributed by atoms with Gasteiger partial charge in [-0.2, -0.15) is 4.98 Å². The lowest BCUT2D eigenvalue weighted by Gasteiger charge is -2.19. The van der Waals surface area contributed by atoms with Crippen molar-refractivity contribution in [3.63, 3.8) is 0 Å². The second-order valence-electron chi connectivity index (χ2n) is 4.78. The highest BCUT2D eigenvalue weighted by Gasteiger charge is 2.29. The molecule has 0 bridgehead atoms. The van der Waals surface area contributed by atoms with Crippen LogP contribution in [0.3, 0.4) is 0 Å². The summed E-state index contributed by atoms with van der Waals surface area (Å²) in [7, 11) is 1.83. The minimum Gasteiger partial charge on any atom is -0.344 e. The Labute approximate surface area is 121 Å². The van der Waals surface area contributed by atoms with Crippen LogP contribution in [0.15, 0.2) is 40.1 Å². The minimum atomic E-state index is -0.0114. The summed E-state index contributed by atoms with van der Waals surface area (Å²) in [6, 6.07) is 8.20. The van der Waals surface area contributed by atoms with Crippen LogP contribution in [0, 0.1) is 0 Å². The Morgan fingerprint density at radius 2 is 2.35 bits per heavy atom. The van der Waals surface area contributed by atoms with E-state index in [1.807, 2.05) is 19.2 Å². The van der Waals surface area contributed by atoms with E-state index >= 15 is 0 Å². The van der Waals surface area contributed by atoms with Gasteiger partial charge in [-0.25, -0.2) is 0 Å². The Morgan fingerprint density at radius 3 is 3.10 bits per heavy atom. The van der Waals surface area contributed by atoms with Gasteiger partial charge in [0.25, 0.3) is 0 Å². The molecule has 0 N–H and O–H groups in total. The van der Waals surface area contributed by atoms with Gasteiger partial charge in [0.1, 0.15) is 0 Å². The van der Waals surface area contributed by atoms with E-state index in [4.69, 9.17) is 0 Å². The summed E-state index contributed by atoms with van der Waals surface area (Å²) in [5, 5.41) is 3.74. The van der Waals surface area contributed by atoms with Crippen molar-refractivity contribution in [1.82, 2.24) is 15.0 Å². The summed E-state index contributed by atoms with van der Waals surface area (Å²) in [4.78, 5) is 19.3. The molecule has 1 amide bonds. The number of thioether (sulfide) groups is 1. The first-order chi connectivity index (χ1) is 9.74. The van der Waals surface area contributed by atoms with Gasteiger partial charge in [0.05, 0.1) is 5.25 Å². The molecule has 2 aromatic rings. The van der Waals surface area contributed by atoms with E-state index in [0.29, 0.717) is 18.8 Å². The topological polar surface area (TPSA) is 59.2 Å². The molecule has 1 aliphatic heterocycles. The molecule has 1 aromatic carbocycles. The Hall–Kier alpha value is -1.82. The SMILES string of the molecule is CN(CCc1ncon1)C(=O)C1Cc2ccccc2S1. The molecule has 6 heteroatoms. The van der Waals surface area contributed by atoms with Gasteiger partial charge < -0.3 is 9.42 Å². The maximum absolute atomic E-state index is 12.4. The summed E-state index contributed by atoms with van der Waals surface area (Å²) in [5.41, 5.74) is 1.27. The Morgan fingerprint density at radius 1 is 1.50 bits per heavy atom. The third kappa shape index (κ3) is 2.70. The fourth-order valence-corrected chi connectivity index (χ4v) is 3.56. The van der Waals surface area contributed by atoms with Crippen LogP contribution in [0.25, 0.3) is 0 Å². The number of amides is 1. The molecule has 0 saturated carbocycles. The Kier molecular flexibility index (Phi) is 3.73. The van der Waals surface area contributed by atoms with E-state index in [2.05, 4.69) is 26.8 Å². The normalized spacial score (nSPS) is 16.9. The Bertz CT molecular complexity index is 575. The molecular formula is C14H15N3O2S. The van der Waals surface area contributed by atoms with Crippen molar-refractivity contribution in [3.05, 3.63) is 42.0 Å². The van der Waals surface area contributed by atoms with Gasteiger partial charge in [0.2, 0.25) is 12.3 Å². The fourth-order valence-electron chi connectivity index (χ4n) is 2.25. The number of aromatic nitrogens is 2. The Balaban J connectivity index is 1.57. The molecule has 1 aliphatic rings. The molecule has 1 atom stereocenters. The smallest absolute Gasteiger partial charge is 0.236 e. The molecule has 1 unspecified atom stereocenters. The van der Waals surface area contributed by atoms with Crippen LogP contribution in [0.1, 0.15) is 11.4 Å². The lowest BCUT2D eigenvalue weighted by atomic mass is 10.1. The molecule has 0 aliphatic carbocycles. The van der Waals surface area contributed by atoms with Crippen molar-refractivity contribution in [2.75, 3.05) is 13.6 Å². The first-order valence-corrected chi connectivity index (χ1v) is 7.37. The highest BCUT2D eigenvalue weighted by molar-refractivity contribution is 8.01. The fraction of sp³-hybridized carbons (Fsp3) is 0.357. The molecule has 0 saturated heterocycles. The van der Waals surface area contributed by atoms with Crippen molar-refractivity contribution in [1.29, 1.82) is 0 Å².